The van der Waals surface area contributed by atoms with Crippen LogP contribution in [-0.4, -0.2) is 27.1 Å². The van der Waals surface area contributed by atoms with E-state index in [1.54, 1.807) is 13.8 Å². The largest absolute Gasteiger partial charge is 0.476 e. The standard InChI is InChI=1S/C10H10N2O3/c1-3-4-7(2)15-9-6-11-8(5-12-9)10(13)14/h5-7H,1-2H3,(H,13,14)/t7-/m1/s1. The van der Waals surface area contributed by atoms with Crippen LogP contribution < -0.4 is 4.74 Å². The van der Waals surface area contributed by atoms with E-state index in [1.807, 2.05) is 0 Å². The molecule has 0 saturated heterocycles. The number of aromatic carboxylic acids is 1. The molecule has 5 nitrogen and oxygen atoms in total. The Morgan fingerprint density at radius 2 is 2.27 bits per heavy atom. The first kappa shape index (κ1) is 11.0. The maximum atomic E-state index is 10.5. The van der Waals surface area contributed by atoms with Crippen molar-refractivity contribution in [2.24, 2.45) is 0 Å². The summed E-state index contributed by atoms with van der Waals surface area (Å²) >= 11 is 0. The second-order valence-electron chi connectivity index (χ2n) is 2.70. The second-order valence-corrected chi connectivity index (χ2v) is 2.70. The number of rotatable bonds is 3. The van der Waals surface area contributed by atoms with Crippen LogP contribution in [-0.2, 0) is 0 Å². The third kappa shape index (κ3) is 3.27. The van der Waals surface area contributed by atoms with Gasteiger partial charge in [-0.3, -0.25) is 0 Å². The third-order valence-corrected chi connectivity index (χ3v) is 1.49. The fraction of sp³-hybridized carbons (Fsp3) is 0.300. The maximum absolute atomic E-state index is 10.5. The van der Waals surface area contributed by atoms with Gasteiger partial charge < -0.3 is 9.84 Å². The normalized spacial score (nSPS) is 11.1. The van der Waals surface area contributed by atoms with Crippen molar-refractivity contribution in [2.75, 3.05) is 0 Å². The van der Waals surface area contributed by atoms with Gasteiger partial charge in [-0.15, -0.1) is 5.92 Å². The summed E-state index contributed by atoms with van der Waals surface area (Å²) in [6.45, 7) is 3.47. The van der Waals surface area contributed by atoms with E-state index in [9.17, 15) is 4.79 Å². The number of carboxylic acids is 1. The van der Waals surface area contributed by atoms with Crippen molar-refractivity contribution < 1.29 is 14.6 Å². The van der Waals surface area contributed by atoms with Crippen LogP contribution in [0, 0.1) is 11.8 Å². The summed E-state index contributed by atoms with van der Waals surface area (Å²) in [5, 5.41) is 8.58. The van der Waals surface area contributed by atoms with Crippen molar-refractivity contribution >= 4 is 5.97 Å². The fourth-order valence-corrected chi connectivity index (χ4v) is 0.901. The maximum Gasteiger partial charge on any atom is 0.356 e. The number of nitrogens with zero attached hydrogens (tertiary/aromatic N) is 2. The third-order valence-electron chi connectivity index (χ3n) is 1.49. The molecule has 0 unspecified atom stereocenters. The molecule has 1 aromatic heterocycles. The summed E-state index contributed by atoms with van der Waals surface area (Å²) in [7, 11) is 0. The number of carbonyl (C=O) groups is 1. The van der Waals surface area contributed by atoms with Gasteiger partial charge in [0.1, 0.15) is 0 Å². The Kier molecular flexibility index (Phi) is 3.63. The Labute approximate surface area is 87.1 Å². The van der Waals surface area contributed by atoms with Crippen molar-refractivity contribution in [3.63, 3.8) is 0 Å². The quantitative estimate of drug-likeness (QED) is 0.746. The smallest absolute Gasteiger partial charge is 0.356 e. The summed E-state index contributed by atoms with van der Waals surface area (Å²) in [6.07, 6.45) is 2.11. The minimum Gasteiger partial charge on any atom is -0.476 e. The van der Waals surface area contributed by atoms with Crippen molar-refractivity contribution in [3.05, 3.63) is 18.1 Å². The Hall–Kier alpha value is -2.09. The molecule has 0 fully saturated rings. The van der Waals surface area contributed by atoms with E-state index in [-0.39, 0.29) is 17.7 Å². The summed E-state index contributed by atoms with van der Waals surface area (Å²) in [6, 6.07) is 0. The molecule has 5 heteroatoms. The highest BCUT2D eigenvalue weighted by atomic mass is 16.5. The van der Waals surface area contributed by atoms with E-state index >= 15 is 0 Å². The van der Waals surface area contributed by atoms with Gasteiger partial charge in [0.05, 0.1) is 12.4 Å². The molecule has 0 radical (unpaired) electrons. The van der Waals surface area contributed by atoms with Gasteiger partial charge in [0.2, 0.25) is 5.88 Å². The van der Waals surface area contributed by atoms with Crippen molar-refractivity contribution in [1.29, 1.82) is 0 Å². The monoisotopic (exact) mass is 206 g/mol. The molecule has 1 aromatic rings. The molecule has 0 aromatic carbocycles. The minimum atomic E-state index is -1.12. The molecule has 0 aliphatic heterocycles. The van der Waals surface area contributed by atoms with Crippen LogP contribution in [0.25, 0.3) is 0 Å². The Balaban J connectivity index is 2.71. The molecule has 0 aliphatic carbocycles. The van der Waals surface area contributed by atoms with Gasteiger partial charge in [-0.2, -0.15) is 0 Å². The molecule has 1 N–H and O–H groups in total. The van der Waals surface area contributed by atoms with E-state index < -0.39 is 5.97 Å². The zero-order chi connectivity index (χ0) is 11.3. The number of carboxylic acid groups (broad SMARTS) is 1. The lowest BCUT2D eigenvalue weighted by molar-refractivity contribution is 0.0689. The van der Waals surface area contributed by atoms with Crippen LogP contribution in [0.5, 0.6) is 5.88 Å². The van der Waals surface area contributed by atoms with Crippen LogP contribution in [0.4, 0.5) is 0 Å². The summed E-state index contributed by atoms with van der Waals surface area (Å²) in [5.41, 5.74) is -0.114. The summed E-state index contributed by atoms with van der Waals surface area (Å²) in [5.74, 6) is 4.62. The number of ether oxygens (including phenoxy) is 1. The minimum absolute atomic E-state index is 0.114. The molecule has 1 rings (SSSR count). The van der Waals surface area contributed by atoms with Crippen molar-refractivity contribution in [3.8, 4) is 17.7 Å². The van der Waals surface area contributed by atoms with Gasteiger partial charge in [-0.1, -0.05) is 5.92 Å². The van der Waals surface area contributed by atoms with Gasteiger partial charge in [0.15, 0.2) is 11.8 Å². The van der Waals surface area contributed by atoms with Crippen molar-refractivity contribution in [2.45, 2.75) is 20.0 Å². The Morgan fingerprint density at radius 3 is 2.73 bits per heavy atom. The molecular formula is C10H10N2O3. The zero-order valence-electron chi connectivity index (χ0n) is 8.39. The molecule has 0 saturated carbocycles. The predicted molar refractivity (Wildman–Crippen MR) is 52.5 cm³/mol. The van der Waals surface area contributed by atoms with Crippen LogP contribution in [0.3, 0.4) is 0 Å². The first-order chi connectivity index (χ1) is 7.13. The Morgan fingerprint density at radius 1 is 1.53 bits per heavy atom. The molecule has 0 aliphatic rings. The Bertz CT molecular complexity index is 403. The van der Waals surface area contributed by atoms with E-state index in [0.29, 0.717) is 0 Å². The van der Waals surface area contributed by atoms with E-state index in [4.69, 9.17) is 9.84 Å². The molecule has 0 amide bonds. The highest BCUT2D eigenvalue weighted by molar-refractivity contribution is 5.84. The van der Waals surface area contributed by atoms with Gasteiger partial charge in [-0.05, 0) is 13.8 Å². The van der Waals surface area contributed by atoms with Crippen molar-refractivity contribution in [1.82, 2.24) is 9.97 Å². The number of hydrogen-bond acceptors (Lipinski definition) is 4. The molecule has 78 valence electrons. The van der Waals surface area contributed by atoms with E-state index in [2.05, 4.69) is 21.8 Å². The molecule has 15 heavy (non-hydrogen) atoms. The van der Waals surface area contributed by atoms with Crippen LogP contribution in [0.15, 0.2) is 12.4 Å². The number of hydrogen-bond donors (Lipinski definition) is 1. The highest BCUT2D eigenvalue weighted by Crippen LogP contribution is 2.06. The first-order valence-electron chi connectivity index (χ1n) is 4.27. The van der Waals surface area contributed by atoms with Crippen LogP contribution >= 0.6 is 0 Å². The molecular weight excluding hydrogens is 196 g/mol. The first-order valence-corrected chi connectivity index (χ1v) is 4.27. The molecule has 0 spiro atoms. The number of aromatic nitrogens is 2. The van der Waals surface area contributed by atoms with Gasteiger partial charge in [0.25, 0.3) is 0 Å². The van der Waals surface area contributed by atoms with Gasteiger partial charge in [0, 0.05) is 0 Å². The average molecular weight is 206 g/mol. The zero-order valence-corrected chi connectivity index (χ0v) is 8.39. The topological polar surface area (TPSA) is 72.3 Å². The van der Waals surface area contributed by atoms with Gasteiger partial charge in [-0.25, -0.2) is 14.8 Å². The SMILES string of the molecule is CC#C[C@@H](C)Oc1cnc(C(=O)O)cn1. The average Bonchev–Trinajstić information content (AvgIpc) is 2.18. The predicted octanol–water partition coefficient (Wildman–Crippen LogP) is 0.965. The fourth-order valence-electron chi connectivity index (χ4n) is 0.901. The van der Waals surface area contributed by atoms with Crippen LogP contribution in [0.1, 0.15) is 24.3 Å². The van der Waals surface area contributed by atoms with Gasteiger partial charge >= 0.3 is 5.97 Å². The highest BCUT2D eigenvalue weighted by Gasteiger charge is 2.06. The summed E-state index contributed by atoms with van der Waals surface area (Å²) < 4.78 is 5.25. The van der Waals surface area contributed by atoms with E-state index in [0.717, 1.165) is 6.20 Å². The lowest BCUT2D eigenvalue weighted by Gasteiger charge is -2.06. The van der Waals surface area contributed by atoms with Crippen LogP contribution in [0.2, 0.25) is 0 Å². The lowest BCUT2D eigenvalue weighted by Crippen LogP contribution is -2.10. The molecule has 0 bridgehead atoms. The lowest BCUT2D eigenvalue weighted by atomic mass is 10.4. The summed E-state index contributed by atoms with van der Waals surface area (Å²) in [4.78, 5) is 17.9. The molecule has 1 heterocycles. The second kappa shape index (κ2) is 4.96. The van der Waals surface area contributed by atoms with E-state index in [1.165, 1.54) is 6.20 Å². The molecule has 1 atom stereocenters.